The summed E-state index contributed by atoms with van der Waals surface area (Å²) >= 11 is 0. The van der Waals surface area contributed by atoms with E-state index in [4.69, 9.17) is 4.74 Å². The topological polar surface area (TPSA) is 94.3 Å². The summed E-state index contributed by atoms with van der Waals surface area (Å²) in [5.41, 5.74) is 1.76. The SMILES string of the molecule is COc1ccc(S(=O)(=O)NCc2nonc2C)cc1C. The smallest absolute Gasteiger partial charge is 0.240 e. The van der Waals surface area contributed by atoms with Crippen molar-refractivity contribution in [1.29, 1.82) is 0 Å². The third kappa shape index (κ3) is 2.97. The van der Waals surface area contributed by atoms with Gasteiger partial charge in [0.2, 0.25) is 10.0 Å². The van der Waals surface area contributed by atoms with E-state index in [-0.39, 0.29) is 11.4 Å². The number of rotatable bonds is 5. The molecule has 2 rings (SSSR count). The fraction of sp³-hybridized carbons (Fsp3) is 0.333. The number of aryl methyl sites for hydroxylation is 2. The number of ether oxygens (including phenoxy) is 1. The number of nitrogens with one attached hydrogen (secondary N) is 1. The molecule has 0 aliphatic carbocycles. The number of methoxy groups -OCH3 is 1. The number of nitrogens with zero attached hydrogens (tertiary/aromatic N) is 2. The van der Waals surface area contributed by atoms with Crippen molar-refractivity contribution < 1.29 is 17.8 Å². The van der Waals surface area contributed by atoms with Gasteiger partial charge in [0, 0.05) is 0 Å². The van der Waals surface area contributed by atoms with Gasteiger partial charge in [-0.3, -0.25) is 0 Å². The van der Waals surface area contributed by atoms with Crippen molar-refractivity contribution in [1.82, 2.24) is 15.0 Å². The second kappa shape index (κ2) is 5.59. The normalized spacial score (nSPS) is 11.6. The third-order valence-corrected chi connectivity index (χ3v) is 4.25. The zero-order chi connectivity index (χ0) is 14.8. The van der Waals surface area contributed by atoms with Crippen LogP contribution >= 0.6 is 0 Å². The standard InChI is InChI=1S/C12H15N3O4S/c1-8-6-10(4-5-12(8)18-3)20(16,17)13-7-11-9(2)14-19-15-11/h4-6,13H,7H2,1-3H3. The van der Waals surface area contributed by atoms with E-state index in [2.05, 4.69) is 19.7 Å². The lowest BCUT2D eigenvalue weighted by Crippen LogP contribution is -2.23. The molecule has 8 heteroatoms. The second-order valence-electron chi connectivity index (χ2n) is 4.25. The molecule has 0 spiro atoms. The first-order chi connectivity index (χ1) is 9.44. The van der Waals surface area contributed by atoms with Crippen molar-refractivity contribution in [2.45, 2.75) is 25.3 Å². The van der Waals surface area contributed by atoms with E-state index < -0.39 is 10.0 Å². The zero-order valence-electron chi connectivity index (χ0n) is 11.4. The van der Waals surface area contributed by atoms with Gasteiger partial charge in [-0.05, 0) is 37.6 Å². The van der Waals surface area contributed by atoms with Gasteiger partial charge in [0.25, 0.3) is 0 Å². The van der Waals surface area contributed by atoms with Crippen molar-refractivity contribution in [3.05, 3.63) is 35.2 Å². The van der Waals surface area contributed by atoms with E-state index in [1.165, 1.54) is 13.2 Å². The van der Waals surface area contributed by atoms with Gasteiger partial charge in [-0.15, -0.1) is 0 Å². The minimum Gasteiger partial charge on any atom is -0.496 e. The number of benzene rings is 1. The Morgan fingerprint density at radius 1 is 1.30 bits per heavy atom. The van der Waals surface area contributed by atoms with E-state index in [1.807, 2.05) is 0 Å². The van der Waals surface area contributed by atoms with Gasteiger partial charge in [0.15, 0.2) is 0 Å². The highest BCUT2D eigenvalue weighted by atomic mass is 32.2. The Kier molecular flexibility index (Phi) is 4.05. The summed E-state index contributed by atoms with van der Waals surface area (Å²) in [5.74, 6) is 0.639. The summed E-state index contributed by atoms with van der Waals surface area (Å²) in [6, 6.07) is 4.66. The summed E-state index contributed by atoms with van der Waals surface area (Å²) in [4.78, 5) is 0.171. The van der Waals surface area contributed by atoms with Gasteiger partial charge in [-0.2, -0.15) is 0 Å². The van der Waals surface area contributed by atoms with Gasteiger partial charge >= 0.3 is 0 Å². The summed E-state index contributed by atoms with van der Waals surface area (Å²) in [5, 5.41) is 7.21. The molecular formula is C12H15N3O4S. The quantitative estimate of drug-likeness (QED) is 0.890. The van der Waals surface area contributed by atoms with E-state index in [1.54, 1.807) is 26.0 Å². The van der Waals surface area contributed by atoms with Crippen LogP contribution < -0.4 is 9.46 Å². The molecule has 0 atom stereocenters. The number of sulfonamides is 1. The lowest BCUT2D eigenvalue weighted by molar-refractivity contribution is 0.301. The zero-order valence-corrected chi connectivity index (χ0v) is 12.2. The minimum atomic E-state index is -3.62. The lowest BCUT2D eigenvalue weighted by Gasteiger charge is -2.09. The lowest BCUT2D eigenvalue weighted by atomic mass is 10.2. The minimum absolute atomic E-state index is 0.0305. The van der Waals surface area contributed by atoms with Crippen LogP contribution in [0.15, 0.2) is 27.7 Å². The molecule has 1 heterocycles. The van der Waals surface area contributed by atoms with Crippen LogP contribution in [0.25, 0.3) is 0 Å². The maximum atomic E-state index is 12.2. The first kappa shape index (κ1) is 14.5. The van der Waals surface area contributed by atoms with Crippen molar-refractivity contribution >= 4 is 10.0 Å². The maximum absolute atomic E-state index is 12.2. The molecule has 0 saturated heterocycles. The van der Waals surface area contributed by atoms with Crippen molar-refractivity contribution in [2.24, 2.45) is 0 Å². The Bertz CT molecular complexity index is 709. The Labute approximate surface area is 117 Å². The average Bonchev–Trinajstić information content (AvgIpc) is 2.82. The van der Waals surface area contributed by atoms with Crippen molar-refractivity contribution in [2.75, 3.05) is 7.11 Å². The third-order valence-electron chi connectivity index (χ3n) is 2.85. The van der Waals surface area contributed by atoms with Crippen LogP contribution in [0, 0.1) is 13.8 Å². The number of hydrogen-bond acceptors (Lipinski definition) is 6. The van der Waals surface area contributed by atoms with Crippen molar-refractivity contribution in [3.8, 4) is 5.75 Å². The van der Waals surface area contributed by atoms with E-state index in [0.717, 1.165) is 5.56 Å². The highest BCUT2D eigenvalue weighted by molar-refractivity contribution is 7.89. The van der Waals surface area contributed by atoms with Gasteiger partial charge in [0.05, 0.1) is 18.6 Å². The molecule has 7 nitrogen and oxygen atoms in total. The van der Waals surface area contributed by atoms with Gasteiger partial charge in [0.1, 0.15) is 17.1 Å². The summed E-state index contributed by atoms with van der Waals surface area (Å²) in [6.07, 6.45) is 0. The van der Waals surface area contributed by atoms with Crippen molar-refractivity contribution in [3.63, 3.8) is 0 Å². The largest absolute Gasteiger partial charge is 0.496 e. The predicted octanol–water partition coefficient (Wildman–Crippen LogP) is 1.17. The van der Waals surface area contributed by atoms with E-state index in [9.17, 15) is 8.42 Å². The molecule has 1 aromatic heterocycles. The molecule has 0 unspecified atom stereocenters. The summed E-state index contributed by atoms with van der Waals surface area (Å²) in [6.45, 7) is 3.50. The van der Waals surface area contributed by atoms with Crippen LogP contribution in [-0.4, -0.2) is 25.8 Å². The predicted molar refractivity (Wildman–Crippen MR) is 70.8 cm³/mol. The van der Waals surface area contributed by atoms with Gasteiger partial charge < -0.3 is 4.74 Å². The molecule has 0 aliphatic heterocycles. The molecule has 0 bridgehead atoms. The second-order valence-corrected chi connectivity index (χ2v) is 6.02. The molecule has 0 fully saturated rings. The molecule has 1 N–H and O–H groups in total. The highest BCUT2D eigenvalue weighted by Gasteiger charge is 2.17. The van der Waals surface area contributed by atoms with Crippen LogP contribution in [-0.2, 0) is 16.6 Å². The number of aromatic nitrogens is 2. The Hall–Kier alpha value is -1.93. The molecule has 0 saturated carbocycles. The summed E-state index contributed by atoms with van der Waals surface area (Å²) in [7, 11) is -2.08. The van der Waals surface area contributed by atoms with Crippen LogP contribution in [0.5, 0.6) is 5.75 Å². The monoisotopic (exact) mass is 297 g/mol. The molecule has 0 aliphatic rings. The first-order valence-corrected chi connectivity index (χ1v) is 7.34. The van der Waals surface area contributed by atoms with Crippen LogP contribution in [0.3, 0.4) is 0 Å². The Morgan fingerprint density at radius 3 is 2.60 bits per heavy atom. The molecule has 0 radical (unpaired) electrons. The summed E-state index contributed by atoms with van der Waals surface area (Å²) < 4.78 is 36.4. The maximum Gasteiger partial charge on any atom is 0.240 e. The fourth-order valence-corrected chi connectivity index (χ4v) is 2.75. The molecular weight excluding hydrogens is 282 g/mol. The fourth-order valence-electron chi connectivity index (χ4n) is 1.67. The van der Waals surface area contributed by atoms with Crippen LogP contribution in [0.4, 0.5) is 0 Å². The molecule has 20 heavy (non-hydrogen) atoms. The van der Waals surface area contributed by atoms with E-state index >= 15 is 0 Å². The molecule has 2 aromatic rings. The number of hydrogen-bond donors (Lipinski definition) is 1. The first-order valence-electron chi connectivity index (χ1n) is 5.86. The average molecular weight is 297 g/mol. The Balaban J connectivity index is 2.18. The highest BCUT2D eigenvalue weighted by Crippen LogP contribution is 2.21. The Morgan fingerprint density at radius 2 is 2.05 bits per heavy atom. The molecule has 1 aromatic carbocycles. The molecule has 0 amide bonds. The van der Waals surface area contributed by atoms with E-state index in [0.29, 0.717) is 17.1 Å². The van der Waals surface area contributed by atoms with Crippen LogP contribution in [0.1, 0.15) is 17.0 Å². The molecule has 108 valence electrons. The van der Waals surface area contributed by atoms with Crippen LogP contribution in [0.2, 0.25) is 0 Å². The van der Waals surface area contributed by atoms with Gasteiger partial charge in [-0.1, -0.05) is 10.3 Å². The van der Waals surface area contributed by atoms with Gasteiger partial charge in [-0.25, -0.2) is 17.8 Å².